The van der Waals surface area contributed by atoms with Crippen molar-refractivity contribution >= 4 is 0 Å². The van der Waals surface area contributed by atoms with Crippen molar-refractivity contribution in [2.75, 3.05) is 54.6 Å². The van der Waals surface area contributed by atoms with Gasteiger partial charge in [0.15, 0.2) is 11.5 Å². The zero-order valence-electron chi connectivity index (χ0n) is 19.9. The van der Waals surface area contributed by atoms with Gasteiger partial charge in [0.05, 0.1) is 13.7 Å². The molecule has 0 heterocycles. The maximum atomic E-state index is 10.4. The fraction of sp³-hybridized carbons (Fsp3) is 0.520. The average Bonchev–Trinajstić information content (AvgIpc) is 2.71. The van der Waals surface area contributed by atoms with Crippen LogP contribution in [0.5, 0.6) is 17.2 Å². The molecule has 1 N–H and O–H groups in total. The van der Waals surface area contributed by atoms with Gasteiger partial charge in [0, 0.05) is 19.6 Å². The quantitative estimate of drug-likeness (QED) is 0.491. The molecule has 0 aliphatic carbocycles. The minimum atomic E-state index is -0.577. The van der Waals surface area contributed by atoms with Crippen LogP contribution < -0.4 is 14.2 Å². The van der Waals surface area contributed by atoms with Gasteiger partial charge in [-0.3, -0.25) is 4.90 Å². The lowest BCUT2D eigenvalue weighted by atomic mass is 10.1. The molecular weight excluding hydrogens is 392 g/mol. The van der Waals surface area contributed by atoms with Crippen LogP contribution in [0.4, 0.5) is 0 Å². The van der Waals surface area contributed by atoms with Crippen LogP contribution in [0.2, 0.25) is 0 Å². The molecule has 0 saturated carbocycles. The van der Waals surface area contributed by atoms with Crippen molar-refractivity contribution in [3.63, 3.8) is 0 Å². The van der Waals surface area contributed by atoms with E-state index in [4.69, 9.17) is 14.2 Å². The molecule has 0 bridgehead atoms. The maximum Gasteiger partial charge on any atom is 0.161 e. The monoisotopic (exact) mass is 430 g/mol. The molecule has 6 heteroatoms. The minimum Gasteiger partial charge on any atom is -0.493 e. The number of aliphatic hydroxyl groups is 1. The number of hydrogen-bond acceptors (Lipinski definition) is 6. The Bertz CT molecular complexity index is 810. The van der Waals surface area contributed by atoms with E-state index in [0.29, 0.717) is 19.7 Å². The fourth-order valence-electron chi connectivity index (χ4n) is 3.43. The van der Waals surface area contributed by atoms with E-state index < -0.39 is 6.10 Å². The Morgan fingerprint density at radius 3 is 2.35 bits per heavy atom. The molecule has 0 fully saturated rings. The molecule has 0 aliphatic heterocycles. The van der Waals surface area contributed by atoms with E-state index in [9.17, 15) is 5.11 Å². The third-order valence-electron chi connectivity index (χ3n) is 4.97. The maximum absolute atomic E-state index is 10.4. The second-order valence-corrected chi connectivity index (χ2v) is 8.42. The van der Waals surface area contributed by atoms with Crippen molar-refractivity contribution in [3.8, 4) is 17.2 Å². The van der Waals surface area contributed by atoms with Crippen molar-refractivity contribution in [1.82, 2.24) is 9.80 Å². The van der Waals surface area contributed by atoms with Crippen molar-refractivity contribution < 1.29 is 19.3 Å². The first-order valence-corrected chi connectivity index (χ1v) is 10.8. The van der Waals surface area contributed by atoms with Crippen LogP contribution in [0.3, 0.4) is 0 Å². The summed E-state index contributed by atoms with van der Waals surface area (Å²) in [5, 5.41) is 10.4. The SMILES string of the molecule is COc1cc(CN(C)C[C@H](O)COc2ccc(C)cc2C)ccc1OCCCN(C)C. The van der Waals surface area contributed by atoms with Gasteiger partial charge in [-0.1, -0.05) is 23.8 Å². The lowest BCUT2D eigenvalue weighted by Crippen LogP contribution is -2.32. The molecule has 6 nitrogen and oxygen atoms in total. The number of ether oxygens (including phenoxy) is 3. The van der Waals surface area contributed by atoms with Gasteiger partial charge in [-0.05, 0) is 70.7 Å². The second-order valence-electron chi connectivity index (χ2n) is 8.42. The van der Waals surface area contributed by atoms with Crippen LogP contribution >= 0.6 is 0 Å². The lowest BCUT2D eigenvalue weighted by molar-refractivity contribution is 0.0741. The van der Waals surface area contributed by atoms with Crippen LogP contribution in [0.25, 0.3) is 0 Å². The number of nitrogens with zero attached hydrogens (tertiary/aromatic N) is 2. The third kappa shape index (κ3) is 8.77. The molecule has 0 aromatic heterocycles. The first-order valence-electron chi connectivity index (χ1n) is 10.8. The van der Waals surface area contributed by atoms with E-state index in [1.54, 1.807) is 7.11 Å². The molecule has 1 atom stereocenters. The molecule has 2 aromatic rings. The number of benzene rings is 2. The topological polar surface area (TPSA) is 54.4 Å². The summed E-state index contributed by atoms with van der Waals surface area (Å²) < 4.78 is 17.2. The van der Waals surface area contributed by atoms with E-state index in [2.05, 4.69) is 36.9 Å². The van der Waals surface area contributed by atoms with Crippen molar-refractivity contribution in [3.05, 3.63) is 53.1 Å². The van der Waals surface area contributed by atoms with Gasteiger partial charge in [0.25, 0.3) is 0 Å². The summed E-state index contributed by atoms with van der Waals surface area (Å²) in [6, 6.07) is 12.0. The van der Waals surface area contributed by atoms with Crippen molar-refractivity contribution in [1.29, 1.82) is 0 Å². The number of hydrogen-bond donors (Lipinski definition) is 1. The van der Waals surface area contributed by atoms with Crippen LogP contribution in [0.15, 0.2) is 36.4 Å². The number of methoxy groups -OCH3 is 1. The fourth-order valence-corrected chi connectivity index (χ4v) is 3.43. The highest BCUT2D eigenvalue weighted by Crippen LogP contribution is 2.28. The van der Waals surface area contributed by atoms with Gasteiger partial charge in [-0.15, -0.1) is 0 Å². The van der Waals surface area contributed by atoms with Crippen molar-refractivity contribution in [2.24, 2.45) is 0 Å². The van der Waals surface area contributed by atoms with Crippen LogP contribution in [0, 0.1) is 13.8 Å². The predicted octanol–water partition coefficient (Wildman–Crippen LogP) is 3.51. The summed E-state index contributed by atoms with van der Waals surface area (Å²) >= 11 is 0. The largest absolute Gasteiger partial charge is 0.493 e. The molecule has 0 aliphatic rings. The van der Waals surface area contributed by atoms with E-state index in [1.165, 1.54) is 5.56 Å². The molecular formula is C25H38N2O4. The predicted molar refractivity (Wildman–Crippen MR) is 125 cm³/mol. The zero-order valence-corrected chi connectivity index (χ0v) is 19.9. The molecule has 172 valence electrons. The Kier molecular flexibility index (Phi) is 10.1. The third-order valence-corrected chi connectivity index (χ3v) is 4.97. The Hall–Kier alpha value is -2.28. The van der Waals surface area contributed by atoms with E-state index in [-0.39, 0.29) is 6.61 Å². The highest BCUT2D eigenvalue weighted by molar-refractivity contribution is 5.43. The normalized spacial score (nSPS) is 12.3. The summed E-state index contributed by atoms with van der Waals surface area (Å²) in [7, 11) is 7.75. The molecule has 0 spiro atoms. The summed E-state index contributed by atoms with van der Waals surface area (Å²) in [5.41, 5.74) is 3.38. The Morgan fingerprint density at radius 1 is 0.935 bits per heavy atom. The summed E-state index contributed by atoms with van der Waals surface area (Å²) in [4.78, 5) is 4.21. The molecule has 31 heavy (non-hydrogen) atoms. The first-order chi connectivity index (χ1) is 14.8. The van der Waals surface area contributed by atoms with Crippen LogP contribution in [0.1, 0.15) is 23.1 Å². The highest BCUT2D eigenvalue weighted by atomic mass is 16.5. The Labute approximate surface area is 187 Å². The first kappa shape index (κ1) is 25.0. The van der Waals surface area contributed by atoms with E-state index in [0.717, 1.165) is 41.3 Å². The van der Waals surface area contributed by atoms with Gasteiger partial charge in [-0.25, -0.2) is 0 Å². The molecule has 0 unspecified atom stereocenters. The second kappa shape index (κ2) is 12.5. The number of rotatable bonds is 13. The molecule has 0 saturated heterocycles. The molecule has 2 rings (SSSR count). The summed E-state index contributed by atoms with van der Waals surface area (Å²) in [6.07, 6.45) is 0.384. The van der Waals surface area contributed by atoms with E-state index in [1.807, 2.05) is 44.3 Å². The zero-order chi connectivity index (χ0) is 22.8. The average molecular weight is 431 g/mol. The van der Waals surface area contributed by atoms with Gasteiger partial charge < -0.3 is 24.2 Å². The summed E-state index contributed by atoms with van der Waals surface area (Å²) in [6.45, 7) is 7.18. The number of likely N-dealkylation sites (N-methyl/N-ethyl adjacent to an activating group) is 1. The van der Waals surface area contributed by atoms with Gasteiger partial charge in [-0.2, -0.15) is 0 Å². The van der Waals surface area contributed by atoms with Gasteiger partial charge in [0.2, 0.25) is 0 Å². The number of aliphatic hydroxyl groups excluding tert-OH is 1. The van der Waals surface area contributed by atoms with Gasteiger partial charge in [0.1, 0.15) is 18.5 Å². The number of aryl methyl sites for hydroxylation is 2. The van der Waals surface area contributed by atoms with E-state index >= 15 is 0 Å². The molecule has 0 amide bonds. The highest BCUT2D eigenvalue weighted by Gasteiger charge is 2.12. The van der Waals surface area contributed by atoms with Crippen LogP contribution in [-0.4, -0.2) is 75.6 Å². The van der Waals surface area contributed by atoms with Crippen molar-refractivity contribution in [2.45, 2.75) is 32.9 Å². The smallest absolute Gasteiger partial charge is 0.161 e. The van der Waals surface area contributed by atoms with Crippen LogP contribution in [-0.2, 0) is 6.54 Å². The summed E-state index contributed by atoms with van der Waals surface area (Å²) in [5.74, 6) is 2.31. The minimum absolute atomic E-state index is 0.261. The molecule has 0 radical (unpaired) electrons. The molecule has 2 aromatic carbocycles. The standard InChI is InChI=1S/C25H38N2O4/c1-19-8-10-23(20(2)14-19)31-18-22(28)17-27(5)16-21-9-11-24(25(15-21)29-6)30-13-7-12-26(3)4/h8-11,14-15,22,28H,7,12-13,16-18H2,1-6H3/t22-/m0/s1. The Balaban J connectivity index is 1.82. The lowest BCUT2D eigenvalue weighted by Gasteiger charge is -2.22. The Morgan fingerprint density at radius 2 is 1.68 bits per heavy atom. The van der Waals surface area contributed by atoms with Gasteiger partial charge >= 0.3 is 0 Å².